The molecule has 1 N–H and O–H groups in total. The van der Waals surface area contributed by atoms with Gasteiger partial charge in [0.2, 0.25) is 21.8 Å². The fraction of sp³-hybridized carbons (Fsp3) is 0.417. The number of ether oxygens (including phenoxy) is 2. The number of anilines is 1. The van der Waals surface area contributed by atoms with Crippen molar-refractivity contribution >= 4 is 27.5 Å². The Kier molecular flexibility index (Phi) is 9.88. The van der Waals surface area contributed by atoms with E-state index in [1.807, 2.05) is 6.92 Å². The van der Waals surface area contributed by atoms with Crippen molar-refractivity contribution in [2.45, 2.75) is 32.9 Å². The van der Waals surface area contributed by atoms with Crippen LogP contribution in [0, 0.1) is 5.82 Å². The average Bonchev–Trinajstić information content (AvgIpc) is 2.83. The number of hydrogen-bond acceptors (Lipinski definition) is 6. The molecule has 2 aromatic carbocycles. The van der Waals surface area contributed by atoms with Crippen LogP contribution in [0.4, 0.5) is 10.1 Å². The molecule has 9 nitrogen and oxygen atoms in total. The molecule has 2 amide bonds. The number of carbonyl (C=O) groups excluding carboxylic acids is 2. The second kappa shape index (κ2) is 12.4. The molecule has 0 radical (unpaired) electrons. The molecule has 11 heteroatoms. The lowest BCUT2D eigenvalue weighted by Gasteiger charge is -2.32. The van der Waals surface area contributed by atoms with Gasteiger partial charge in [-0.3, -0.25) is 13.9 Å². The minimum absolute atomic E-state index is 0.123. The summed E-state index contributed by atoms with van der Waals surface area (Å²) in [5.41, 5.74) is 0.321. The molecular formula is C24H32FN3O6S. The van der Waals surface area contributed by atoms with Crippen molar-refractivity contribution in [2.75, 3.05) is 37.9 Å². The highest BCUT2D eigenvalue weighted by molar-refractivity contribution is 7.92. The molecule has 2 rings (SSSR count). The standard InChI is InChI=1S/C24H32FN3O6S/c1-6-13-26-24(30)17(2)27(15-18-9-7-8-10-20(18)25)23(29)16-28(35(5,31)32)21-12-11-19(33-3)14-22(21)34-4/h7-12,14,17H,6,13,15-16H2,1-5H3,(H,26,30)/t17-/m1/s1. The summed E-state index contributed by atoms with van der Waals surface area (Å²) in [7, 11) is -1.13. The highest BCUT2D eigenvalue weighted by Gasteiger charge is 2.31. The van der Waals surface area contributed by atoms with Crippen molar-refractivity contribution in [3.05, 3.63) is 53.8 Å². The predicted molar refractivity (Wildman–Crippen MR) is 131 cm³/mol. The van der Waals surface area contributed by atoms with E-state index in [0.717, 1.165) is 15.5 Å². The van der Waals surface area contributed by atoms with Gasteiger partial charge in [0.1, 0.15) is 29.9 Å². The first kappa shape index (κ1) is 27.9. The van der Waals surface area contributed by atoms with Crippen LogP contribution in [0.2, 0.25) is 0 Å². The van der Waals surface area contributed by atoms with Crippen molar-refractivity contribution in [1.29, 1.82) is 0 Å². The van der Waals surface area contributed by atoms with Crippen LogP contribution in [-0.2, 0) is 26.2 Å². The summed E-state index contributed by atoms with van der Waals surface area (Å²) in [6.07, 6.45) is 1.65. The number of rotatable bonds is 12. The molecule has 0 spiro atoms. The van der Waals surface area contributed by atoms with E-state index >= 15 is 0 Å². The number of halogens is 1. The van der Waals surface area contributed by atoms with Gasteiger partial charge in [0.05, 0.1) is 26.2 Å². The molecule has 0 saturated carbocycles. The molecule has 0 unspecified atom stereocenters. The summed E-state index contributed by atoms with van der Waals surface area (Å²) < 4.78 is 51.2. The lowest BCUT2D eigenvalue weighted by Crippen LogP contribution is -2.51. The van der Waals surface area contributed by atoms with E-state index in [-0.39, 0.29) is 23.5 Å². The van der Waals surface area contributed by atoms with E-state index in [2.05, 4.69) is 5.32 Å². The van der Waals surface area contributed by atoms with E-state index in [1.54, 1.807) is 12.1 Å². The van der Waals surface area contributed by atoms with Gasteiger partial charge >= 0.3 is 0 Å². The largest absolute Gasteiger partial charge is 0.497 e. The third-order valence-corrected chi connectivity index (χ3v) is 6.48. The second-order valence-electron chi connectivity index (χ2n) is 7.89. The number of nitrogens with zero attached hydrogens (tertiary/aromatic N) is 2. The molecule has 0 fully saturated rings. The molecule has 35 heavy (non-hydrogen) atoms. The average molecular weight is 510 g/mol. The molecule has 0 saturated heterocycles. The van der Waals surface area contributed by atoms with Crippen LogP contribution < -0.4 is 19.1 Å². The third kappa shape index (κ3) is 7.32. The Morgan fingerprint density at radius 1 is 1.11 bits per heavy atom. The Morgan fingerprint density at radius 2 is 1.80 bits per heavy atom. The summed E-state index contributed by atoms with van der Waals surface area (Å²) in [5, 5.41) is 2.72. The molecule has 1 atom stereocenters. The van der Waals surface area contributed by atoms with Crippen molar-refractivity contribution < 1.29 is 31.9 Å². The molecule has 2 aromatic rings. The quantitative estimate of drug-likeness (QED) is 0.472. The fourth-order valence-corrected chi connectivity index (χ4v) is 4.23. The minimum Gasteiger partial charge on any atom is -0.497 e. The Balaban J connectivity index is 2.46. The first-order valence-corrected chi connectivity index (χ1v) is 12.9. The maximum atomic E-state index is 14.4. The van der Waals surface area contributed by atoms with Crippen LogP contribution >= 0.6 is 0 Å². The van der Waals surface area contributed by atoms with Crippen molar-refractivity contribution in [3.8, 4) is 11.5 Å². The summed E-state index contributed by atoms with van der Waals surface area (Å²) in [6, 6.07) is 9.42. The molecule has 192 valence electrons. The summed E-state index contributed by atoms with van der Waals surface area (Å²) in [5.74, 6) is -1.03. The zero-order valence-corrected chi connectivity index (χ0v) is 21.4. The Hall–Kier alpha value is -3.34. The summed E-state index contributed by atoms with van der Waals surface area (Å²) in [4.78, 5) is 27.3. The lowest BCUT2D eigenvalue weighted by molar-refractivity contribution is -0.139. The van der Waals surface area contributed by atoms with E-state index in [1.165, 1.54) is 51.5 Å². The van der Waals surface area contributed by atoms with Gasteiger partial charge in [-0.25, -0.2) is 12.8 Å². The molecule has 0 bridgehead atoms. The van der Waals surface area contributed by atoms with Gasteiger partial charge in [-0.2, -0.15) is 0 Å². The lowest BCUT2D eigenvalue weighted by atomic mass is 10.1. The number of sulfonamides is 1. The number of amides is 2. The van der Waals surface area contributed by atoms with Gasteiger partial charge in [0.15, 0.2) is 0 Å². The maximum Gasteiger partial charge on any atom is 0.244 e. The Bertz CT molecular complexity index is 1140. The van der Waals surface area contributed by atoms with Gasteiger partial charge in [0.25, 0.3) is 0 Å². The first-order chi connectivity index (χ1) is 16.5. The number of hydrogen-bond donors (Lipinski definition) is 1. The molecular weight excluding hydrogens is 477 g/mol. The van der Waals surface area contributed by atoms with Crippen molar-refractivity contribution in [3.63, 3.8) is 0 Å². The van der Waals surface area contributed by atoms with Gasteiger partial charge in [-0.1, -0.05) is 25.1 Å². The molecule has 0 aromatic heterocycles. The normalized spacial score (nSPS) is 11.9. The van der Waals surface area contributed by atoms with E-state index in [9.17, 15) is 22.4 Å². The highest BCUT2D eigenvalue weighted by atomic mass is 32.2. The van der Waals surface area contributed by atoms with Crippen molar-refractivity contribution in [1.82, 2.24) is 10.2 Å². The number of benzene rings is 2. The van der Waals surface area contributed by atoms with E-state index in [0.29, 0.717) is 18.7 Å². The van der Waals surface area contributed by atoms with Crippen molar-refractivity contribution in [2.24, 2.45) is 0 Å². The highest BCUT2D eigenvalue weighted by Crippen LogP contribution is 2.33. The van der Waals surface area contributed by atoms with Gasteiger partial charge in [-0.05, 0) is 31.5 Å². The zero-order chi connectivity index (χ0) is 26.2. The fourth-order valence-electron chi connectivity index (χ4n) is 3.37. The summed E-state index contributed by atoms with van der Waals surface area (Å²) >= 11 is 0. The number of carbonyl (C=O) groups is 2. The van der Waals surface area contributed by atoms with Crippen LogP contribution in [0.1, 0.15) is 25.8 Å². The zero-order valence-electron chi connectivity index (χ0n) is 20.6. The molecule has 0 aliphatic carbocycles. The van der Waals surface area contributed by atoms with Gasteiger partial charge in [0, 0.05) is 24.7 Å². The van der Waals surface area contributed by atoms with Gasteiger partial charge in [-0.15, -0.1) is 0 Å². The first-order valence-electron chi connectivity index (χ1n) is 11.0. The maximum absolute atomic E-state index is 14.4. The third-order valence-electron chi connectivity index (χ3n) is 5.35. The van der Waals surface area contributed by atoms with E-state index < -0.39 is 40.2 Å². The molecule has 0 aliphatic heterocycles. The minimum atomic E-state index is -3.95. The smallest absolute Gasteiger partial charge is 0.244 e. The van der Waals surface area contributed by atoms with E-state index in [4.69, 9.17) is 9.47 Å². The predicted octanol–water partition coefficient (Wildman–Crippen LogP) is 2.55. The van der Waals surface area contributed by atoms with Gasteiger partial charge < -0.3 is 19.7 Å². The monoisotopic (exact) mass is 509 g/mol. The van der Waals surface area contributed by atoms with Crippen LogP contribution in [0.25, 0.3) is 0 Å². The van der Waals surface area contributed by atoms with Crippen LogP contribution in [0.5, 0.6) is 11.5 Å². The summed E-state index contributed by atoms with van der Waals surface area (Å²) in [6.45, 7) is 2.97. The topological polar surface area (TPSA) is 105 Å². The number of methoxy groups -OCH3 is 2. The molecule has 0 aliphatic rings. The Morgan fingerprint density at radius 3 is 2.37 bits per heavy atom. The molecule has 0 heterocycles. The van der Waals surface area contributed by atoms with Crippen LogP contribution in [-0.4, -0.2) is 64.7 Å². The van der Waals surface area contributed by atoms with Crippen LogP contribution in [0.3, 0.4) is 0 Å². The number of nitrogens with one attached hydrogen (secondary N) is 1. The van der Waals surface area contributed by atoms with Crippen LogP contribution in [0.15, 0.2) is 42.5 Å². The SMILES string of the molecule is CCCNC(=O)[C@@H](C)N(Cc1ccccc1F)C(=O)CN(c1ccc(OC)cc1OC)S(C)(=O)=O. The Labute approximate surface area is 205 Å². The second-order valence-corrected chi connectivity index (χ2v) is 9.79.